The topological polar surface area (TPSA) is 33.1 Å². The van der Waals surface area contributed by atoms with Crippen LogP contribution in [-0.4, -0.2) is 10.1 Å². The maximum absolute atomic E-state index is 12.3. The van der Waals surface area contributed by atoms with Crippen molar-refractivity contribution in [1.29, 1.82) is 0 Å². The fourth-order valence-electron chi connectivity index (χ4n) is 0.831. The second-order valence-corrected chi connectivity index (χ2v) is 3.02. The van der Waals surface area contributed by atoms with Gasteiger partial charge in [-0.05, 0) is 22.9 Å². The molecule has 0 fully saturated rings. The summed E-state index contributed by atoms with van der Waals surface area (Å²) in [7, 11) is 0. The van der Waals surface area contributed by atoms with Crippen LogP contribution in [0.3, 0.4) is 0 Å². The molecule has 1 rings (SSSR count). The molecule has 0 spiro atoms. The molecule has 5 heteroatoms. The Morgan fingerprint density at radius 2 is 2.17 bits per heavy atom. The van der Waals surface area contributed by atoms with Crippen molar-refractivity contribution in [2.45, 2.75) is 13.3 Å². The van der Waals surface area contributed by atoms with E-state index in [0.717, 1.165) is 6.20 Å². The second kappa shape index (κ2) is 3.35. The van der Waals surface area contributed by atoms with Gasteiger partial charge in [0, 0.05) is 5.56 Å². The lowest BCUT2D eigenvalue weighted by Gasteiger charge is -2.07. The first-order chi connectivity index (χ1) is 5.54. The number of alkyl halides is 2. The zero-order valence-corrected chi connectivity index (χ0v) is 7.77. The van der Waals surface area contributed by atoms with Crippen LogP contribution >= 0.6 is 15.9 Å². The Labute approximate surface area is 76.4 Å². The zero-order valence-electron chi connectivity index (χ0n) is 6.18. The molecule has 66 valence electrons. The van der Waals surface area contributed by atoms with Gasteiger partial charge in [0.1, 0.15) is 10.4 Å². The molecule has 12 heavy (non-hydrogen) atoms. The Morgan fingerprint density at radius 3 is 2.58 bits per heavy atom. The van der Waals surface area contributed by atoms with Crippen molar-refractivity contribution in [2.24, 2.45) is 0 Å². The van der Waals surface area contributed by atoms with Gasteiger partial charge in [-0.1, -0.05) is 0 Å². The van der Waals surface area contributed by atoms with Crippen molar-refractivity contribution < 1.29 is 13.9 Å². The number of nitrogens with zero attached hydrogens (tertiary/aromatic N) is 1. The van der Waals surface area contributed by atoms with Crippen LogP contribution in [-0.2, 0) is 0 Å². The van der Waals surface area contributed by atoms with Crippen LogP contribution in [0.5, 0.6) is 5.75 Å². The van der Waals surface area contributed by atoms with E-state index in [0.29, 0.717) is 0 Å². The fourth-order valence-corrected chi connectivity index (χ4v) is 1.40. The molecular weight excluding hydrogens is 232 g/mol. The van der Waals surface area contributed by atoms with Gasteiger partial charge >= 0.3 is 0 Å². The number of hydrogen-bond donors (Lipinski definition) is 1. The first kappa shape index (κ1) is 9.38. The van der Waals surface area contributed by atoms with Gasteiger partial charge in [0.15, 0.2) is 0 Å². The highest BCUT2D eigenvalue weighted by Crippen LogP contribution is 2.32. The van der Waals surface area contributed by atoms with Gasteiger partial charge in [-0.3, -0.25) is 0 Å². The average Bonchev–Trinajstić information content (AvgIpc) is 1.97. The highest BCUT2D eigenvalue weighted by Gasteiger charge is 2.17. The Morgan fingerprint density at radius 1 is 1.58 bits per heavy atom. The van der Waals surface area contributed by atoms with Crippen LogP contribution in [0.2, 0.25) is 0 Å². The smallest absolute Gasteiger partial charge is 0.266 e. The third-order valence-electron chi connectivity index (χ3n) is 1.53. The van der Waals surface area contributed by atoms with E-state index >= 15 is 0 Å². The fraction of sp³-hybridized carbons (Fsp3) is 0.286. The minimum absolute atomic E-state index is 0.0767. The van der Waals surface area contributed by atoms with Crippen LogP contribution in [0.4, 0.5) is 8.78 Å². The predicted octanol–water partition coefficient (Wildman–Crippen LogP) is 2.80. The molecule has 1 N–H and O–H groups in total. The van der Waals surface area contributed by atoms with E-state index in [9.17, 15) is 8.78 Å². The molecule has 0 saturated carbocycles. The summed E-state index contributed by atoms with van der Waals surface area (Å²) in [4.78, 5) is 3.55. The number of hydrogen-bond acceptors (Lipinski definition) is 2. The summed E-state index contributed by atoms with van der Waals surface area (Å²) in [5.41, 5.74) is -0.0955. The first-order valence-corrected chi connectivity index (χ1v) is 3.95. The summed E-state index contributed by atoms with van der Waals surface area (Å²) in [6, 6.07) is 0. The van der Waals surface area contributed by atoms with E-state index in [4.69, 9.17) is 5.11 Å². The molecule has 1 aromatic heterocycles. The Hall–Kier alpha value is -0.710. The maximum atomic E-state index is 12.3. The number of pyridine rings is 1. The standard InChI is InChI=1S/C7H6BrF2NO/c1-3-4(12)2-11-6(8)5(3)7(9)10/h2,7,12H,1H3. The molecule has 0 aliphatic rings. The Bertz CT molecular complexity index is 304. The van der Waals surface area contributed by atoms with Crippen molar-refractivity contribution in [2.75, 3.05) is 0 Å². The van der Waals surface area contributed by atoms with E-state index in [1.807, 2.05) is 0 Å². The highest BCUT2D eigenvalue weighted by molar-refractivity contribution is 9.10. The van der Waals surface area contributed by atoms with Crippen LogP contribution in [0.1, 0.15) is 17.6 Å². The number of rotatable bonds is 1. The molecule has 1 aromatic rings. The maximum Gasteiger partial charge on any atom is 0.266 e. The van der Waals surface area contributed by atoms with Gasteiger partial charge < -0.3 is 5.11 Å². The van der Waals surface area contributed by atoms with Crippen molar-refractivity contribution in [3.63, 3.8) is 0 Å². The van der Waals surface area contributed by atoms with Gasteiger partial charge in [0.2, 0.25) is 0 Å². The quantitative estimate of drug-likeness (QED) is 0.763. The minimum Gasteiger partial charge on any atom is -0.506 e. The van der Waals surface area contributed by atoms with E-state index in [1.54, 1.807) is 0 Å². The molecule has 0 aliphatic heterocycles. The third kappa shape index (κ3) is 1.55. The van der Waals surface area contributed by atoms with Gasteiger partial charge in [-0.15, -0.1) is 0 Å². The summed E-state index contributed by atoms with van der Waals surface area (Å²) < 4.78 is 24.7. The van der Waals surface area contributed by atoms with Crippen LogP contribution in [0.25, 0.3) is 0 Å². The molecule has 2 nitrogen and oxygen atoms in total. The van der Waals surface area contributed by atoms with Crippen LogP contribution < -0.4 is 0 Å². The molecule has 0 aromatic carbocycles. The molecule has 0 aliphatic carbocycles. The molecule has 0 atom stereocenters. The van der Waals surface area contributed by atoms with E-state index in [1.165, 1.54) is 6.92 Å². The second-order valence-electron chi connectivity index (χ2n) is 2.27. The molecule has 0 radical (unpaired) electrons. The average molecular weight is 238 g/mol. The SMILES string of the molecule is Cc1c(O)cnc(Br)c1C(F)F. The van der Waals surface area contributed by atoms with Gasteiger partial charge in [0.25, 0.3) is 6.43 Å². The normalized spacial score (nSPS) is 10.8. The van der Waals surface area contributed by atoms with E-state index < -0.39 is 6.43 Å². The van der Waals surface area contributed by atoms with Gasteiger partial charge in [0.05, 0.1) is 11.8 Å². The highest BCUT2D eigenvalue weighted by atomic mass is 79.9. The number of aromatic hydroxyl groups is 1. The number of halogens is 3. The molecule has 0 unspecified atom stereocenters. The molecule has 0 bridgehead atoms. The van der Waals surface area contributed by atoms with Gasteiger partial charge in [-0.2, -0.15) is 0 Å². The summed E-state index contributed by atoms with van der Waals surface area (Å²) >= 11 is 2.88. The van der Waals surface area contributed by atoms with Crippen molar-refractivity contribution in [1.82, 2.24) is 4.98 Å². The van der Waals surface area contributed by atoms with E-state index in [-0.39, 0.29) is 21.5 Å². The van der Waals surface area contributed by atoms with E-state index in [2.05, 4.69) is 20.9 Å². The van der Waals surface area contributed by atoms with Crippen LogP contribution in [0.15, 0.2) is 10.8 Å². The van der Waals surface area contributed by atoms with Crippen molar-refractivity contribution in [3.05, 3.63) is 21.9 Å². The lowest BCUT2D eigenvalue weighted by atomic mass is 10.1. The largest absolute Gasteiger partial charge is 0.506 e. The summed E-state index contributed by atoms with van der Waals surface area (Å²) in [6.07, 6.45) is -1.50. The molecular formula is C7H6BrF2NO. The minimum atomic E-state index is -2.63. The summed E-state index contributed by atoms with van der Waals surface area (Å²) in [5, 5.41) is 9.06. The van der Waals surface area contributed by atoms with Crippen molar-refractivity contribution in [3.8, 4) is 5.75 Å². The molecule has 1 heterocycles. The first-order valence-electron chi connectivity index (χ1n) is 3.16. The molecule has 0 amide bonds. The molecule has 0 saturated heterocycles. The van der Waals surface area contributed by atoms with Crippen LogP contribution in [0, 0.1) is 6.92 Å². The summed E-state index contributed by atoms with van der Waals surface area (Å²) in [6.45, 7) is 1.42. The summed E-state index contributed by atoms with van der Waals surface area (Å²) in [5.74, 6) is -0.214. The lowest BCUT2D eigenvalue weighted by molar-refractivity contribution is 0.148. The zero-order chi connectivity index (χ0) is 9.30. The monoisotopic (exact) mass is 237 g/mol. The third-order valence-corrected chi connectivity index (χ3v) is 2.16. The Kier molecular flexibility index (Phi) is 2.62. The Balaban J connectivity index is 3.33. The van der Waals surface area contributed by atoms with Crippen molar-refractivity contribution >= 4 is 15.9 Å². The predicted molar refractivity (Wildman–Crippen MR) is 43.3 cm³/mol. The van der Waals surface area contributed by atoms with Gasteiger partial charge in [-0.25, -0.2) is 13.8 Å². The lowest BCUT2D eigenvalue weighted by Crippen LogP contribution is -1.94. The number of aromatic nitrogens is 1.